The van der Waals surface area contributed by atoms with Crippen molar-refractivity contribution in [2.45, 2.75) is 38.8 Å². The van der Waals surface area contributed by atoms with Crippen molar-refractivity contribution in [3.8, 4) is 6.07 Å². The number of anilines is 1. The maximum Gasteiger partial charge on any atom is 0.162 e. The molecule has 0 N–H and O–H groups in total. The second-order valence-corrected chi connectivity index (χ2v) is 6.86. The molecule has 1 heterocycles. The third-order valence-corrected chi connectivity index (χ3v) is 6.07. The van der Waals surface area contributed by atoms with Gasteiger partial charge in [-0.15, -0.1) is 0 Å². The van der Waals surface area contributed by atoms with Crippen molar-refractivity contribution in [2.75, 3.05) is 19.1 Å². The van der Waals surface area contributed by atoms with E-state index in [0.717, 1.165) is 11.4 Å². The second-order valence-electron chi connectivity index (χ2n) is 5.75. The van der Waals surface area contributed by atoms with Crippen LogP contribution in [0, 0.1) is 16.7 Å². The van der Waals surface area contributed by atoms with Crippen LogP contribution < -0.4 is 4.90 Å². The van der Waals surface area contributed by atoms with Gasteiger partial charge < -0.3 is 9.64 Å². The summed E-state index contributed by atoms with van der Waals surface area (Å²) in [5, 5.41) is 10.3. The lowest BCUT2D eigenvalue weighted by Gasteiger charge is -2.61. The smallest absolute Gasteiger partial charge is 0.162 e. The van der Waals surface area contributed by atoms with E-state index in [1.807, 2.05) is 7.05 Å². The molecule has 1 aliphatic carbocycles. The molecule has 0 radical (unpaired) electrons. The molecule has 2 atom stereocenters. The Morgan fingerprint density at radius 3 is 2.63 bits per heavy atom. The molecule has 2 unspecified atom stereocenters. The van der Waals surface area contributed by atoms with E-state index in [0.29, 0.717) is 16.8 Å². The Bertz CT molecular complexity index is 536. The lowest BCUT2D eigenvalue weighted by molar-refractivity contribution is -0.172. The van der Waals surface area contributed by atoms with Gasteiger partial charge in [0.15, 0.2) is 5.15 Å². The molecule has 1 aliphatic rings. The Morgan fingerprint density at radius 2 is 2.16 bits per heavy atom. The van der Waals surface area contributed by atoms with E-state index in [9.17, 15) is 0 Å². The molecule has 0 amide bonds. The van der Waals surface area contributed by atoms with Gasteiger partial charge in [-0.1, -0.05) is 25.4 Å². The summed E-state index contributed by atoms with van der Waals surface area (Å²) in [5.41, 5.74) is 0.336. The standard InChI is InChI=1S/C13H18ClN3OS/c1-12(2)9(6-13(12,3)18-5)17(4)11-8(7-15)10(14)16-19-11/h9H,6H2,1-5H3. The molecule has 0 spiro atoms. The molecule has 19 heavy (non-hydrogen) atoms. The third kappa shape index (κ3) is 1.94. The number of rotatable bonds is 3. The summed E-state index contributed by atoms with van der Waals surface area (Å²) in [4.78, 5) is 2.11. The lowest BCUT2D eigenvalue weighted by atomic mass is 9.55. The van der Waals surface area contributed by atoms with Crippen LogP contribution in [0.5, 0.6) is 0 Å². The van der Waals surface area contributed by atoms with Gasteiger partial charge in [-0.2, -0.15) is 9.64 Å². The van der Waals surface area contributed by atoms with Crippen LogP contribution in [0.3, 0.4) is 0 Å². The topological polar surface area (TPSA) is 49.1 Å². The molecule has 1 fully saturated rings. The number of halogens is 1. The molecule has 6 heteroatoms. The Kier molecular flexibility index (Phi) is 3.54. The van der Waals surface area contributed by atoms with Gasteiger partial charge in [0.1, 0.15) is 16.6 Å². The molecule has 0 bridgehead atoms. The van der Waals surface area contributed by atoms with E-state index < -0.39 is 0 Å². The highest BCUT2D eigenvalue weighted by Gasteiger charge is 2.59. The summed E-state index contributed by atoms with van der Waals surface area (Å²) in [6.07, 6.45) is 0.924. The molecule has 1 aromatic heterocycles. The first-order valence-corrected chi connectivity index (χ1v) is 7.27. The summed E-state index contributed by atoms with van der Waals surface area (Å²) in [7, 11) is 3.74. The van der Waals surface area contributed by atoms with Crippen molar-refractivity contribution in [1.29, 1.82) is 5.26 Å². The Hall–Kier alpha value is -0.830. The second kappa shape index (κ2) is 4.62. The summed E-state index contributed by atoms with van der Waals surface area (Å²) in [5.74, 6) is 0. The zero-order valence-corrected chi connectivity index (χ0v) is 13.4. The number of nitrogens with zero attached hydrogens (tertiary/aromatic N) is 3. The van der Waals surface area contributed by atoms with Crippen LogP contribution in [-0.4, -0.2) is 30.2 Å². The fraction of sp³-hybridized carbons (Fsp3) is 0.692. The molecule has 0 saturated heterocycles. The van der Waals surface area contributed by atoms with Gasteiger partial charge in [-0.05, 0) is 24.9 Å². The van der Waals surface area contributed by atoms with Crippen LogP contribution in [-0.2, 0) is 4.74 Å². The van der Waals surface area contributed by atoms with Gasteiger partial charge in [0.25, 0.3) is 0 Å². The van der Waals surface area contributed by atoms with E-state index in [1.54, 1.807) is 7.11 Å². The summed E-state index contributed by atoms with van der Waals surface area (Å²) in [6.45, 7) is 6.51. The molecule has 0 aromatic carbocycles. The van der Waals surface area contributed by atoms with Crippen molar-refractivity contribution >= 4 is 28.1 Å². The van der Waals surface area contributed by atoms with Crippen LogP contribution >= 0.6 is 23.1 Å². The number of aromatic nitrogens is 1. The predicted octanol–water partition coefficient (Wildman–Crippen LogP) is 3.31. The quantitative estimate of drug-likeness (QED) is 0.859. The molecule has 4 nitrogen and oxygen atoms in total. The zero-order valence-electron chi connectivity index (χ0n) is 11.8. The van der Waals surface area contributed by atoms with Crippen molar-refractivity contribution in [1.82, 2.24) is 4.37 Å². The number of ether oxygens (including phenoxy) is 1. The molecule has 2 rings (SSSR count). The van der Waals surface area contributed by atoms with Crippen LogP contribution in [0.15, 0.2) is 0 Å². The minimum absolute atomic E-state index is 0.000306. The van der Waals surface area contributed by atoms with Crippen LogP contribution in [0.1, 0.15) is 32.8 Å². The lowest BCUT2D eigenvalue weighted by Crippen LogP contribution is -2.68. The Labute approximate surface area is 123 Å². The van der Waals surface area contributed by atoms with Gasteiger partial charge >= 0.3 is 0 Å². The fourth-order valence-electron chi connectivity index (χ4n) is 2.82. The van der Waals surface area contributed by atoms with Crippen molar-refractivity contribution in [3.05, 3.63) is 10.7 Å². The minimum atomic E-state index is -0.132. The van der Waals surface area contributed by atoms with Crippen LogP contribution in [0.4, 0.5) is 5.00 Å². The third-order valence-electron chi connectivity index (χ3n) is 4.76. The number of hydrogen-bond acceptors (Lipinski definition) is 5. The van der Waals surface area contributed by atoms with E-state index in [-0.39, 0.29) is 11.0 Å². The first-order chi connectivity index (χ1) is 8.78. The van der Waals surface area contributed by atoms with Crippen molar-refractivity contribution in [3.63, 3.8) is 0 Å². The number of methoxy groups -OCH3 is 1. The molecular weight excluding hydrogens is 282 g/mol. The highest BCUT2D eigenvalue weighted by Crippen LogP contribution is 2.54. The minimum Gasteiger partial charge on any atom is -0.378 e. The van der Waals surface area contributed by atoms with Crippen molar-refractivity contribution < 1.29 is 4.74 Å². The van der Waals surface area contributed by atoms with E-state index >= 15 is 0 Å². The zero-order chi connectivity index (χ0) is 14.4. The Balaban J connectivity index is 2.28. The van der Waals surface area contributed by atoms with Crippen LogP contribution in [0.2, 0.25) is 5.15 Å². The predicted molar refractivity (Wildman–Crippen MR) is 77.8 cm³/mol. The van der Waals surface area contributed by atoms with E-state index in [2.05, 4.69) is 36.1 Å². The maximum atomic E-state index is 9.17. The number of hydrogen-bond donors (Lipinski definition) is 0. The molecule has 104 valence electrons. The fourth-order valence-corrected chi connectivity index (χ4v) is 3.85. The molecule has 1 aromatic rings. The van der Waals surface area contributed by atoms with Gasteiger partial charge in [-0.25, -0.2) is 0 Å². The average molecular weight is 300 g/mol. The van der Waals surface area contributed by atoms with Crippen molar-refractivity contribution in [2.24, 2.45) is 5.41 Å². The highest BCUT2D eigenvalue weighted by molar-refractivity contribution is 7.10. The average Bonchev–Trinajstić information content (AvgIpc) is 2.75. The van der Waals surface area contributed by atoms with Gasteiger partial charge in [-0.3, -0.25) is 0 Å². The molecule has 0 aliphatic heterocycles. The number of nitriles is 1. The SMILES string of the molecule is COC1(C)CC(N(C)c2snc(Cl)c2C#N)C1(C)C. The Morgan fingerprint density at radius 1 is 1.53 bits per heavy atom. The van der Waals surface area contributed by atoms with E-state index in [1.165, 1.54) is 11.5 Å². The highest BCUT2D eigenvalue weighted by atomic mass is 35.5. The van der Waals surface area contributed by atoms with E-state index in [4.69, 9.17) is 21.6 Å². The monoisotopic (exact) mass is 299 g/mol. The summed E-state index contributed by atoms with van der Waals surface area (Å²) < 4.78 is 9.70. The van der Waals surface area contributed by atoms with Gasteiger partial charge in [0, 0.05) is 25.6 Å². The molecular formula is C13H18ClN3OS. The normalized spacial score (nSPS) is 28.6. The first-order valence-electron chi connectivity index (χ1n) is 6.11. The van der Waals surface area contributed by atoms with Gasteiger partial charge in [0.05, 0.1) is 5.60 Å². The van der Waals surface area contributed by atoms with Crippen LogP contribution in [0.25, 0.3) is 0 Å². The van der Waals surface area contributed by atoms with Gasteiger partial charge in [0.2, 0.25) is 0 Å². The summed E-state index contributed by atoms with van der Waals surface area (Å²) in [6, 6.07) is 2.44. The largest absolute Gasteiger partial charge is 0.378 e. The first kappa shape index (κ1) is 14.6. The summed E-state index contributed by atoms with van der Waals surface area (Å²) >= 11 is 7.21. The molecule has 1 saturated carbocycles. The maximum absolute atomic E-state index is 9.17.